The summed E-state index contributed by atoms with van der Waals surface area (Å²) in [6.07, 6.45) is 3.08. The highest BCUT2D eigenvalue weighted by Gasteiger charge is 2.06. The molecule has 0 spiro atoms. The largest absolute Gasteiger partial charge is 0.362 e. The van der Waals surface area contributed by atoms with Crippen molar-refractivity contribution in [2.75, 3.05) is 11.9 Å². The minimum Gasteiger partial charge on any atom is -0.362 e. The van der Waals surface area contributed by atoms with Crippen LogP contribution in [0.25, 0.3) is 10.4 Å². The molecule has 0 aliphatic heterocycles. The molecule has 1 N–H and O–H groups in total. The highest BCUT2D eigenvalue weighted by Crippen LogP contribution is 2.31. The molecule has 0 bridgehead atoms. The Balaban J connectivity index is 2.24. The van der Waals surface area contributed by atoms with Crippen LogP contribution in [0.1, 0.15) is 24.5 Å². The summed E-state index contributed by atoms with van der Waals surface area (Å²) in [4.78, 5) is 5.64. The van der Waals surface area contributed by atoms with Crippen LogP contribution >= 0.6 is 11.3 Å². The van der Waals surface area contributed by atoms with Crippen LogP contribution in [0, 0.1) is 13.8 Å². The molecule has 0 unspecified atom stereocenters. The molecule has 1 aromatic carbocycles. The van der Waals surface area contributed by atoms with E-state index < -0.39 is 0 Å². The van der Waals surface area contributed by atoms with Crippen molar-refractivity contribution in [2.24, 2.45) is 0 Å². The summed E-state index contributed by atoms with van der Waals surface area (Å²) in [6.45, 7) is 7.42. The Morgan fingerprint density at radius 3 is 2.82 bits per heavy atom. The number of anilines is 1. The molecule has 17 heavy (non-hydrogen) atoms. The molecule has 2 rings (SSSR count). The highest BCUT2D eigenvalue weighted by molar-refractivity contribution is 7.18. The number of hydrogen-bond acceptors (Lipinski definition) is 3. The van der Waals surface area contributed by atoms with Crippen LogP contribution in [0.2, 0.25) is 0 Å². The summed E-state index contributed by atoms with van der Waals surface area (Å²) in [7, 11) is 0. The topological polar surface area (TPSA) is 24.9 Å². The number of rotatable bonds is 4. The first-order valence-electron chi connectivity index (χ1n) is 5.98. The molecule has 0 atom stereocenters. The van der Waals surface area contributed by atoms with Crippen LogP contribution in [0.3, 0.4) is 0 Å². The Morgan fingerprint density at radius 1 is 1.29 bits per heavy atom. The van der Waals surface area contributed by atoms with Crippen LogP contribution in [-0.4, -0.2) is 11.5 Å². The van der Waals surface area contributed by atoms with Crippen LogP contribution in [0.15, 0.2) is 24.4 Å². The van der Waals surface area contributed by atoms with Gasteiger partial charge >= 0.3 is 0 Å². The molecule has 3 heteroatoms. The van der Waals surface area contributed by atoms with Crippen molar-refractivity contribution in [3.63, 3.8) is 0 Å². The van der Waals surface area contributed by atoms with E-state index in [1.807, 2.05) is 6.20 Å². The Hall–Kier alpha value is -1.35. The Morgan fingerprint density at radius 2 is 2.12 bits per heavy atom. The lowest BCUT2D eigenvalue weighted by Crippen LogP contribution is -1.97. The molecule has 0 saturated carbocycles. The Kier molecular flexibility index (Phi) is 3.79. The third-order valence-electron chi connectivity index (χ3n) is 2.68. The predicted molar refractivity (Wildman–Crippen MR) is 75.8 cm³/mol. The minimum absolute atomic E-state index is 0.986. The van der Waals surface area contributed by atoms with E-state index in [9.17, 15) is 0 Å². The fourth-order valence-corrected chi connectivity index (χ4v) is 2.73. The minimum atomic E-state index is 0.986. The van der Waals surface area contributed by atoms with E-state index in [0.29, 0.717) is 0 Å². The summed E-state index contributed by atoms with van der Waals surface area (Å²) in [6, 6.07) is 6.55. The molecule has 0 saturated heterocycles. The molecular weight excluding hydrogens is 228 g/mol. The first-order chi connectivity index (χ1) is 8.20. The zero-order chi connectivity index (χ0) is 12.3. The smallest absolute Gasteiger partial charge is 0.183 e. The summed E-state index contributed by atoms with van der Waals surface area (Å²) < 4.78 is 0. The number of hydrogen-bond donors (Lipinski definition) is 1. The molecule has 0 fully saturated rings. The van der Waals surface area contributed by atoms with E-state index in [4.69, 9.17) is 0 Å². The molecular formula is C14H18N2S. The maximum absolute atomic E-state index is 4.40. The quantitative estimate of drug-likeness (QED) is 0.872. The van der Waals surface area contributed by atoms with E-state index in [0.717, 1.165) is 18.1 Å². The van der Waals surface area contributed by atoms with Crippen molar-refractivity contribution in [1.29, 1.82) is 0 Å². The molecule has 0 amide bonds. The Labute approximate surface area is 107 Å². The number of benzene rings is 1. The van der Waals surface area contributed by atoms with Crippen molar-refractivity contribution in [3.8, 4) is 10.4 Å². The van der Waals surface area contributed by atoms with Gasteiger partial charge in [-0.1, -0.05) is 42.0 Å². The lowest BCUT2D eigenvalue weighted by Gasteiger charge is -2.03. The molecule has 0 aliphatic rings. The van der Waals surface area contributed by atoms with Gasteiger partial charge in [0.05, 0.1) is 4.88 Å². The number of aryl methyl sites for hydroxylation is 2. The third kappa shape index (κ3) is 2.86. The number of thiazole rings is 1. The summed E-state index contributed by atoms with van der Waals surface area (Å²) in [5.41, 5.74) is 3.91. The summed E-state index contributed by atoms with van der Waals surface area (Å²) >= 11 is 1.72. The van der Waals surface area contributed by atoms with Gasteiger partial charge in [-0.3, -0.25) is 0 Å². The molecule has 2 nitrogen and oxygen atoms in total. The van der Waals surface area contributed by atoms with Crippen molar-refractivity contribution in [2.45, 2.75) is 27.2 Å². The van der Waals surface area contributed by atoms with Gasteiger partial charge in [0.1, 0.15) is 0 Å². The first kappa shape index (κ1) is 12.1. The Bertz CT molecular complexity index is 503. The van der Waals surface area contributed by atoms with Crippen LogP contribution in [0.4, 0.5) is 5.13 Å². The molecule has 0 aliphatic carbocycles. The maximum atomic E-state index is 4.40. The van der Waals surface area contributed by atoms with Crippen LogP contribution in [0.5, 0.6) is 0 Å². The van der Waals surface area contributed by atoms with E-state index in [-0.39, 0.29) is 0 Å². The highest BCUT2D eigenvalue weighted by atomic mass is 32.1. The van der Waals surface area contributed by atoms with E-state index in [1.54, 1.807) is 11.3 Å². The van der Waals surface area contributed by atoms with Gasteiger partial charge in [-0.25, -0.2) is 4.98 Å². The maximum Gasteiger partial charge on any atom is 0.183 e. The third-order valence-corrected chi connectivity index (χ3v) is 3.67. The summed E-state index contributed by atoms with van der Waals surface area (Å²) in [5, 5.41) is 4.34. The fourth-order valence-electron chi connectivity index (χ4n) is 1.80. The zero-order valence-electron chi connectivity index (χ0n) is 10.6. The van der Waals surface area contributed by atoms with Gasteiger partial charge in [-0.05, 0) is 31.4 Å². The van der Waals surface area contributed by atoms with Gasteiger partial charge in [-0.15, -0.1) is 0 Å². The van der Waals surface area contributed by atoms with Gasteiger partial charge in [-0.2, -0.15) is 0 Å². The summed E-state index contributed by atoms with van der Waals surface area (Å²) in [5.74, 6) is 0. The lowest BCUT2D eigenvalue weighted by molar-refractivity contribution is 0.976. The number of nitrogens with zero attached hydrogens (tertiary/aromatic N) is 1. The molecule has 0 radical (unpaired) electrons. The molecule has 1 aromatic heterocycles. The van der Waals surface area contributed by atoms with Crippen molar-refractivity contribution < 1.29 is 0 Å². The van der Waals surface area contributed by atoms with Crippen molar-refractivity contribution in [1.82, 2.24) is 4.98 Å². The van der Waals surface area contributed by atoms with Crippen molar-refractivity contribution in [3.05, 3.63) is 35.5 Å². The van der Waals surface area contributed by atoms with Gasteiger partial charge in [0.15, 0.2) is 5.13 Å². The lowest BCUT2D eigenvalue weighted by atomic mass is 10.1. The van der Waals surface area contributed by atoms with Gasteiger partial charge in [0, 0.05) is 12.7 Å². The average Bonchev–Trinajstić information content (AvgIpc) is 2.75. The van der Waals surface area contributed by atoms with Crippen LogP contribution in [-0.2, 0) is 0 Å². The van der Waals surface area contributed by atoms with E-state index in [2.05, 4.69) is 49.3 Å². The van der Waals surface area contributed by atoms with Gasteiger partial charge in [0.2, 0.25) is 0 Å². The predicted octanol–water partition coefficient (Wildman–Crippen LogP) is 4.25. The SMILES string of the molecule is CCCNc1ncc(-c2ccc(C)cc2C)s1. The molecule has 90 valence electrons. The second-order valence-electron chi connectivity index (χ2n) is 4.27. The van der Waals surface area contributed by atoms with Gasteiger partial charge < -0.3 is 5.32 Å². The average molecular weight is 246 g/mol. The standard InChI is InChI=1S/C14H18N2S/c1-4-7-15-14-16-9-13(17-14)12-6-5-10(2)8-11(12)3/h5-6,8-9H,4,7H2,1-3H3,(H,15,16). The second-order valence-corrected chi connectivity index (χ2v) is 5.31. The van der Waals surface area contributed by atoms with E-state index >= 15 is 0 Å². The first-order valence-corrected chi connectivity index (χ1v) is 6.79. The zero-order valence-corrected chi connectivity index (χ0v) is 11.4. The molecule has 2 aromatic rings. The monoisotopic (exact) mass is 246 g/mol. The van der Waals surface area contributed by atoms with E-state index in [1.165, 1.54) is 21.6 Å². The normalized spacial score (nSPS) is 10.5. The van der Waals surface area contributed by atoms with Crippen LogP contribution < -0.4 is 5.32 Å². The number of aromatic nitrogens is 1. The second kappa shape index (κ2) is 5.32. The molecule has 1 heterocycles. The fraction of sp³-hybridized carbons (Fsp3) is 0.357. The number of nitrogens with one attached hydrogen (secondary N) is 1. The van der Waals surface area contributed by atoms with Crippen molar-refractivity contribution >= 4 is 16.5 Å². The van der Waals surface area contributed by atoms with Gasteiger partial charge in [0.25, 0.3) is 0 Å².